The molecule has 20 heavy (non-hydrogen) atoms. The van der Waals surface area contributed by atoms with Gasteiger partial charge in [0.1, 0.15) is 5.76 Å². The third-order valence-electron chi connectivity index (χ3n) is 4.33. The number of carbonyl (C=O) groups is 2. The van der Waals surface area contributed by atoms with Crippen LogP contribution < -0.4 is 0 Å². The van der Waals surface area contributed by atoms with E-state index in [0.29, 0.717) is 13.0 Å². The Kier molecular flexibility index (Phi) is 3.51. The number of carboxylic acid groups (broad SMARTS) is 1. The van der Waals surface area contributed by atoms with Gasteiger partial charge in [0.15, 0.2) is 0 Å². The van der Waals surface area contributed by atoms with E-state index in [1.807, 2.05) is 17.0 Å². The fourth-order valence-corrected chi connectivity index (χ4v) is 3.10. The highest BCUT2D eigenvalue weighted by Gasteiger charge is 2.50. The van der Waals surface area contributed by atoms with Gasteiger partial charge in [0.2, 0.25) is 5.91 Å². The summed E-state index contributed by atoms with van der Waals surface area (Å²) in [7, 11) is 0. The number of rotatable bonds is 3. The van der Waals surface area contributed by atoms with Crippen molar-refractivity contribution < 1.29 is 19.1 Å². The molecule has 0 bridgehead atoms. The van der Waals surface area contributed by atoms with E-state index in [1.165, 1.54) is 0 Å². The zero-order valence-electron chi connectivity index (χ0n) is 11.3. The molecule has 1 aromatic rings. The zero-order chi connectivity index (χ0) is 14.1. The SMILES string of the molecule is O=C(O)C1CC1C(=O)N1CCCCCC1c1ccco1. The molecule has 3 atom stereocenters. The van der Waals surface area contributed by atoms with E-state index in [4.69, 9.17) is 9.52 Å². The van der Waals surface area contributed by atoms with E-state index in [-0.39, 0.29) is 17.9 Å². The summed E-state index contributed by atoms with van der Waals surface area (Å²) in [5, 5.41) is 8.99. The smallest absolute Gasteiger partial charge is 0.307 e. The summed E-state index contributed by atoms with van der Waals surface area (Å²) in [6.07, 6.45) is 6.16. The first-order valence-electron chi connectivity index (χ1n) is 7.25. The van der Waals surface area contributed by atoms with E-state index in [0.717, 1.165) is 31.4 Å². The molecule has 1 aliphatic heterocycles. The molecule has 1 aromatic heterocycles. The third-order valence-corrected chi connectivity index (χ3v) is 4.33. The molecule has 2 aliphatic rings. The summed E-state index contributed by atoms with van der Waals surface area (Å²) in [6, 6.07) is 3.70. The first-order chi connectivity index (χ1) is 9.68. The van der Waals surface area contributed by atoms with E-state index in [2.05, 4.69) is 0 Å². The molecular formula is C15H19NO4. The van der Waals surface area contributed by atoms with Crippen LogP contribution in [-0.4, -0.2) is 28.4 Å². The molecule has 3 rings (SSSR count). The average Bonchev–Trinajstić information content (AvgIpc) is 3.14. The fourth-order valence-electron chi connectivity index (χ4n) is 3.10. The molecule has 3 unspecified atom stereocenters. The third kappa shape index (κ3) is 2.44. The number of hydrogen-bond acceptors (Lipinski definition) is 3. The maximum Gasteiger partial charge on any atom is 0.307 e. The Morgan fingerprint density at radius 2 is 2.10 bits per heavy atom. The minimum absolute atomic E-state index is 0.0132. The molecule has 2 heterocycles. The number of hydrogen-bond donors (Lipinski definition) is 1. The number of carbonyl (C=O) groups excluding carboxylic acids is 1. The van der Waals surface area contributed by atoms with Gasteiger partial charge in [-0.3, -0.25) is 9.59 Å². The van der Waals surface area contributed by atoms with Gasteiger partial charge in [-0.05, 0) is 31.4 Å². The molecule has 1 saturated heterocycles. The van der Waals surface area contributed by atoms with Crippen LogP contribution in [0.5, 0.6) is 0 Å². The summed E-state index contributed by atoms with van der Waals surface area (Å²) >= 11 is 0. The zero-order valence-corrected chi connectivity index (χ0v) is 11.3. The molecule has 5 nitrogen and oxygen atoms in total. The molecule has 0 spiro atoms. The van der Waals surface area contributed by atoms with Crippen molar-refractivity contribution in [3.8, 4) is 0 Å². The van der Waals surface area contributed by atoms with Crippen molar-refractivity contribution in [2.75, 3.05) is 6.54 Å². The molecule has 1 aliphatic carbocycles. The maximum atomic E-state index is 12.6. The van der Waals surface area contributed by atoms with Gasteiger partial charge < -0.3 is 14.4 Å². The molecule has 0 aromatic carbocycles. The number of nitrogens with zero attached hydrogens (tertiary/aromatic N) is 1. The molecule has 1 saturated carbocycles. The van der Waals surface area contributed by atoms with Crippen LogP contribution in [0.3, 0.4) is 0 Å². The van der Waals surface area contributed by atoms with Crippen molar-refractivity contribution in [3.63, 3.8) is 0 Å². The Balaban J connectivity index is 1.77. The standard InChI is InChI=1S/C15H19NO4/c17-14(10-9-11(10)15(18)19)16-7-3-1-2-5-12(16)13-6-4-8-20-13/h4,6,8,10-12H,1-3,5,7,9H2,(H,18,19). The van der Waals surface area contributed by atoms with E-state index in [1.54, 1.807) is 6.26 Å². The Morgan fingerprint density at radius 1 is 1.25 bits per heavy atom. The quantitative estimate of drug-likeness (QED) is 0.921. The molecule has 1 N–H and O–H groups in total. The van der Waals surface area contributed by atoms with Crippen LogP contribution in [0.4, 0.5) is 0 Å². The average molecular weight is 277 g/mol. The van der Waals surface area contributed by atoms with Crippen LogP contribution in [0, 0.1) is 11.8 Å². The summed E-state index contributed by atoms with van der Waals surface area (Å²) in [5.41, 5.74) is 0. The topological polar surface area (TPSA) is 70.8 Å². The first kappa shape index (κ1) is 13.2. The molecule has 2 fully saturated rings. The number of aliphatic carboxylic acids is 1. The van der Waals surface area contributed by atoms with Crippen LogP contribution in [0.25, 0.3) is 0 Å². The maximum absolute atomic E-state index is 12.6. The van der Waals surface area contributed by atoms with Gasteiger partial charge in [-0.15, -0.1) is 0 Å². The minimum Gasteiger partial charge on any atom is -0.481 e. The van der Waals surface area contributed by atoms with E-state index < -0.39 is 11.9 Å². The Labute approximate surface area is 117 Å². The van der Waals surface area contributed by atoms with Crippen molar-refractivity contribution in [1.82, 2.24) is 4.90 Å². The van der Waals surface area contributed by atoms with Crippen LogP contribution in [-0.2, 0) is 9.59 Å². The molecular weight excluding hydrogens is 258 g/mol. The number of carboxylic acids is 1. The summed E-state index contributed by atoms with van der Waals surface area (Å²) in [5.74, 6) is -0.868. The van der Waals surface area contributed by atoms with Gasteiger partial charge in [-0.2, -0.15) is 0 Å². The lowest BCUT2D eigenvalue weighted by molar-refractivity contribution is -0.143. The highest BCUT2D eigenvalue weighted by molar-refractivity contribution is 5.89. The number of amides is 1. The Hall–Kier alpha value is -1.78. The molecule has 0 radical (unpaired) electrons. The van der Waals surface area contributed by atoms with Crippen LogP contribution in [0.1, 0.15) is 43.9 Å². The van der Waals surface area contributed by atoms with Gasteiger partial charge >= 0.3 is 5.97 Å². The predicted octanol–water partition coefficient (Wildman–Crippen LogP) is 2.44. The second kappa shape index (κ2) is 5.31. The number of likely N-dealkylation sites (tertiary alicyclic amines) is 1. The van der Waals surface area contributed by atoms with Gasteiger partial charge in [0, 0.05) is 6.54 Å². The largest absolute Gasteiger partial charge is 0.481 e. The van der Waals surface area contributed by atoms with Gasteiger partial charge in [0.05, 0.1) is 24.1 Å². The molecule has 1 amide bonds. The minimum atomic E-state index is -0.854. The Morgan fingerprint density at radius 3 is 2.75 bits per heavy atom. The van der Waals surface area contributed by atoms with Crippen molar-refractivity contribution in [1.29, 1.82) is 0 Å². The second-order valence-corrected chi connectivity index (χ2v) is 5.70. The van der Waals surface area contributed by atoms with Crippen LogP contribution in [0.2, 0.25) is 0 Å². The monoisotopic (exact) mass is 277 g/mol. The first-order valence-corrected chi connectivity index (χ1v) is 7.25. The summed E-state index contributed by atoms with van der Waals surface area (Å²) < 4.78 is 5.47. The second-order valence-electron chi connectivity index (χ2n) is 5.70. The van der Waals surface area contributed by atoms with Gasteiger partial charge in [-0.25, -0.2) is 0 Å². The lowest BCUT2D eigenvalue weighted by Gasteiger charge is -2.29. The lowest BCUT2D eigenvalue weighted by Crippen LogP contribution is -2.36. The van der Waals surface area contributed by atoms with Crippen molar-refractivity contribution in [2.45, 2.75) is 38.1 Å². The molecule has 108 valence electrons. The van der Waals surface area contributed by atoms with Gasteiger partial charge in [-0.1, -0.05) is 12.8 Å². The van der Waals surface area contributed by atoms with Crippen LogP contribution >= 0.6 is 0 Å². The number of furan rings is 1. The summed E-state index contributed by atoms with van der Waals surface area (Å²) in [4.78, 5) is 25.3. The highest BCUT2D eigenvalue weighted by atomic mass is 16.4. The van der Waals surface area contributed by atoms with Crippen LogP contribution in [0.15, 0.2) is 22.8 Å². The Bertz CT molecular complexity index is 496. The predicted molar refractivity (Wildman–Crippen MR) is 70.9 cm³/mol. The van der Waals surface area contributed by atoms with E-state index in [9.17, 15) is 9.59 Å². The van der Waals surface area contributed by atoms with Crippen molar-refractivity contribution >= 4 is 11.9 Å². The van der Waals surface area contributed by atoms with Crippen molar-refractivity contribution in [3.05, 3.63) is 24.2 Å². The van der Waals surface area contributed by atoms with E-state index >= 15 is 0 Å². The normalized spacial score (nSPS) is 29.8. The fraction of sp³-hybridized carbons (Fsp3) is 0.600. The van der Waals surface area contributed by atoms with Gasteiger partial charge in [0.25, 0.3) is 0 Å². The molecule has 5 heteroatoms. The lowest BCUT2D eigenvalue weighted by atomic mass is 10.1. The highest BCUT2D eigenvalue weighted by Crippen LogP contribution is 2.42. The van der Waals surface area contributed by atoms with Crippen molar-refractivity contribution in [2.24, 2.45) is 11.8 Å². The summed E-state index contributed by atoms with van der Waals surface area (Å²) in [6.45, 7) is 0.701.